The molecule has 5 unspecified atom stereocenters. The molecule has 0 aromatic rings. The Kier molecular flexibility index (Phi) is 4.78. The molecule has 20 heavy (non-hydrogen) atoms. The van der Waals surface area contributed by atoms with Gasteiger partial charge in [-0.3, -0.25) is 10.1 Å². The smallest absolute Gasteiger partial charge is 0.241 e. The summed E-state index contributed by atoms with van der Waals surface area (Å²) in [6.45, 7) is 13.4. The molecule has 1 aliphatic heterocycles. The molecule has 1 saturated heterocycles. The molecule has 2 rings (SSSR count). The molecule has 116 valence electrons. The van der Waals surface area contributed by atoms with Crippen LogP contribution < -0.4 is 5.32 Å². The van der Waals surface area contributed by atoms with E-state index in [1.807, 2.05) is 0 Å². The van der Waals surface area contributed by atoms with Gasteiger partial charge in [0.25, 0.3) is 0 Å². The highest BCUT2D eigenvalue weighted by atomic mass is 16.2. The Hall–Kier alpha value is -0.570. The molecule has 2 fully saturated rings. The zero-order chi connectivity index (χ0) is 15.0. The minimum atomic E-state index is 0.0156. The van der Waals surface area contributed by atoms with Gasteiger partial charge in [-0.25, -0.2) is 0 Å². The van der Waals surface area contributed by atoms with Gasteiger partial charge in [-0.2, -0.15) is 0 Å². The highest BCUT2D eigenvalue weighted by Crippen LogP contribution is 2.38. The van der Waals surface area contributed by atoms with Gasteiger partial charge >= 0.3 is 0 Å². The van der Waals surface area contributed by atoms with Crippen LogP contribution in [0, 0.1) is 23.7 Å². The summed E-state index contributed by atoms with van der Waals surface area (Å²) >= 11 is 0. The predicted octanol–water partition coefficient (Wildman–Crippen LogP) is 3.25. The number of carbonyl (C=O) groups is 1. The first-order valence-electron chi connectivity index (χ1n) is 8.41. The second-order valence-electron chi connectivity index (χ2n) is 7.76. The monoisotopic (exact) mass is 280 g/mol. The molecule has 0 bridgehead atoms. The maximum Gasteiger partial charge on any atom is 0.241 e. The van der Waals surface area contributed by atoms with E-state index in [1.54, 1.807) is 0 Å². The van der Waals surface area contributed by atoms with Crippen LogP contribution in [0.2, 0.25) is 0 Å². The zero-order valence-corrected chi connectivity index (χ0v) is 14.0. The fourth-order valence-corrected chi connectivity index (χ4v) is 3.90. The van der Waals surface area contributed by atoms with Gasteiger partial charge in [0.1, 0.15) is 0 Å². The molecular formula is C17H32N2O. The Morgan fingerprint density at radius 1 is 1.20 bits per heavy atom. The first-order valence-corrected chi connectivity index (χ1v) is 8.41. The van der Waals surface area contributed by atoms with Crippen molar-refractivity contribution in [2.45, 2.75) is 79.1 Å². The minimum absolute atomic E-state index is 0.0156. The molecule has 3 nitrogen and oxygen atoms in total. The molecule has 0 spiro atoms. The molecular weight excluding hydrogens is 248 g/mol. The number of nitrogens with one attached hydrogen (secondary N) is 1. The molecule has 3 heteroatoms. The normalized spacial score (nSPS) is 38.5. The molecule has 1 heterocycles. The summed E-state index contributed by atoms with van der Waals surface area (Å²) in [5.41, 5.74) is 0. The van der Waals surface area contributed by atoms with Crippen LogP contribution in [0.5, 0.6) is 0 Å². The second-order valence-corrected chi connectivity index (χ2v) is 7.76. The van der Waals surface area contributed by atoms with Crippen LogP contribution in [-0.2, 0) is 4.79 Å². The summed E-state index contributed by atoms with van der Waals surface area (Å²) in [4.78, 5) is 15.1. The van der Waals surface area contributed by atoms with Gasteiger partial charge in [-0.05, 0) is 42.9 Å². The molecule has 5 atom stereocenters. The molecule has 0 aromatic carbocycles. The third kappa shape index (κ3) is 2.88. The Morgan fingerprint density at radius 2 is 1.85 bits per heavy atom. The van der Waals surface area contributed by atoms with Gasteiger partial charge in [-0.1, -0.05) is 41.5 Å². The van der Waals surface area contributed by atoms with Crippen LogP contribution in [0.25, 0.3) is 0 Å². The van der Waals surface area contributed by atoms with E-state index in [-0.39, 0.29) is 12.2 Å². The van der Waals surface area contributed by atoms with E-state index < -0.39 is 0 Å². The maximum absolute atomic E-state index is 12.8. The van der Waals surface area contributed by atoms with Crippen molar-refractivity contribution in [3.8, 4) is 0 Å². The highest BCUT2D eigenvalue weighted by Gasteiger charge is 2.47. The summed E-state index contributed by atoms with van der Waals surface area (Å²) in [6.07, 6.45) is 3.74. The van der Waals surface area contributed by atoms with Crippen molar-refractivity contribution in [1.29, 1.82) is 0 Å². The van der Waals surface area contributed by atoms with Crippen molar-refractivity contribution in [2.75, 3.05) is 0 Å². The number of nitrogens with zero attached hydrogens (tertiary/aromatic N) is 1. The fourth-order valence-electron chi connectivity index (χ4n) is 3.90. The van der Waals surface area contributed by atoms with E-state index in [2.05, 4.69) is 51.8 Å². The number of amides is 1. The second kappa shape index (κ2) is 6.05. The Morgan fingerprint density at radius 3 is 2.30 bits per heavy atom. The molecule has 0 radical (unpaired) electrons. The highest BCUT2D eigenvalue weighted by molar-refractivity contribution is 5.85. The van der Waals surface area contributed by atoms with E-state index in [1.165, 1.54) is 12.8 Å². The van der Waals surface area contributed by atoms with Gasteiger partial charge in [0.05, 0.1) is 12.2 Å². The lowest BCUT2D eigenvalue weighted by molar-refractivity contribution is -0.134. The molecule has 0 aromatic heterocycles. The first kappa shape index (κ1) is 15.8. The van der Waals surface area contributed by atoms with Crippen LogP contribution in [0.4, 0.5) is 0 Å². The molecule has 1 amide bonds. The van der Waals surface area contributed by atoms with Crippen molar-refractivity contribution in [1.82, 2.24) is 10.2 Å². The topological polar surface area (TPSA) is 32.3 Å². The summed E-state index contributed by atoms with van der Waals surface area (Å²) in [6, 6.07) is 0.458. The van der Waals surface area contributed by atoms with Crippen LogP contribution in [-0.4, -0.2) is 29.1 Å². The molecule has 1 aliphatic carbocycles. The average molecular weight is 280 g/mol. The Balaban J connectivity index is 2.19. The van der Waals surface area contributed by atoms with E-state index in [0.717, 1.165) is 12.3 Å². The van der Waals surface area contributed by atoms with Crippen molar-refractivity contribution in [3.05, 3.63) is 0 Å². The van der Waals surface area contributed by atoms with Gasteiger partial charge in [0.15, 0.2) is 0 Å². The minimum Gasteiger partial charge on any atom is -0.323 e. The summed E-state index contributed by atoms with van der Waals surface area (Å²) < 4.78 is 0. The summed E-state index contributed by atoms with van der Waals surface area (Å²) in [7, 11) is 0. The first-order chi connectivity index (χ1) is 9.32. The number of rotatable bonds is 4. The zero-order valence-electron chi connectivity index (χ0n) is 14.0. The van der Waals surface area contributed by atoms with E-state index >= 15 is 0 Å². The van der Waals surface area contributed by atoms with Crippen LogP contribution in [0.15, 0.2) is 0 Å². The fraction of sp³-hybridized carbons (Fsp3) is 0.941. The van der Waals surface area contributed by atoms with E-state index in [9.17, 15) is 4.79 Å². The predicted molar refractivity (Wildman–Crippen MR) is 83.2 cm³/mol. The largest absolute Gasteiger partial charge is 0.323 e. The van der Waals surface area contributed by atoms with Crippen LogP contribution >= 0.6 is 0 Å². The average Bonchev–Trinajstić information content (AvgIpc) is 2.82. The SMILES string of the molecule is CC(C)CC1NC(C(C)C)C(=O)N1C1CCC(C)C1C. The maximum atomic E-state index is 12.8. The van der Waals surface area contributed by atoms with Gasteiger partial charge < -0.3 is 4.90 Å². The molecule has 1 saturated carbocycles. The number of hydrogen-bond acceptors (Lipinski definition) is 2. The quantitative estimate of drug-likeness (QED) is 0.857. The van der Waals surface area contributed by atoms with Gasteiger partial charge in [0, 0.05) is 6.04 Å². The standard InChI is InChI=1S/C17H32N2O/c1-10(2)9-15-18-16(11(3)4)17(20)19(15)14-8-7-12(5)13(14)6/h10-16,18H,7-9H2,1-6H3. The van der Waals surface area contributed by atoms with Crippen molar-refractivity contribution in [3.63, 3.8) is 0 Å². The Bertz CT molecular complexity index is 353. The lowest BCUT2D eigenvalue weighted by atomic mass is 9.95. The van der Waals surface area contributed by atoms with Gasteiger partial charge in [0.2, 0.25) is 5.91 Å². The van der Waals surface area contributed by atoms with E-state index in [4.69, 9.17) is 0 Å². The summed E-state index contributed by atoms with van der Waals surface area (Å²) in [5.74, 6) is 2.70. The van der Waals surface area contributed by atoms with E-state index in [0.29, 0.717) is 29.7 Å². The molecule has 2 aliphatic rings. The number of carbonyl (C=O) groups excluding carboxylic acids is 1. The van der Waals surface area contributed by atoms with Gasteiger partial charge in [-0.15, -0.1) is 0 Å². The number of hydrogen-bond donors (Lipinski definition) is 1. The summed E-state index contributed by atoms with van der Waals surface area (Å²) in [5, 5.41) is 3.61. The van der Waals surface area contributed by atoms with Crippen molar-refractivity contribution < 1.29 is 4.79 Å². The van der Waals surface area contributed by atoms with Crippen molar-refractivity contribution in [2.24, 2.45) is 23.7 Å². The Labute approximate surface area is 124 Å². The third-order valence-corrected chi connectivity index (χ3v) is 5.37. The lowest BCUT2D eigenvalue weighted by Gasteiger charge is -2.34. The van der Waals surface area contributed by atoms with Crippen LogP contribution in [0.3, 0.4) is 0 Å². The third-order valence-electron chi connectivity index (χ3n) is 5.37. The van der Waals surface area contributed by atoms with Crippen LogP contribution in [0.1, 0.15) is 60.8 Å². The molecule has 1 N–H and O–H groups in total. The van der Waals surface area contributed by atoms with Crippen molar-refractivity contribution >= 4 is 5.91 Å². The lowest BCUT2D eigenvalue weighted by Crippen LogP contribution is -2.46.